The summed E-state index contributed by atoms with van der Waals surface area (Å²) < 4.78 is 46.5. The highest BCUT2D eigenvalue weighted by Gasteiger charge is 2.38. The van der Waals surface area contributed by atoms with Gasteiger partial charge >= 0.3 is 24.1 Å². The van der Waals surface area contributed by atoms with Crippen molar-refractivity contribution in [2.24, 2.45) is 0 Å². The Labute approximate surface area is 587 Å². The molecule has 0 radical (unpaired) electrons. The van der Waals surface area contributed by atoms with Gasteiger partial charge in [0.1, 0.15) is 11.9 Å². The Morgan fingerprint density at radius 3 is 1.40 bits per heavy atom. The van der Waals surface area contributed by atoms with Crippen LogP contribution in [0, 0.1) is 24.4 Å². The molecule has 4 fully saturated rings. The molecular formula is C73H85BrClF3N16O5. The highest BCUT2D eigenvalue weighted by atomic mass is 79.9. The lowest BCUT2D eigenvalue weighted by atomic mass is 9.80. The van der Waals surface area contributed by atoms with E-state index in [9.17, 15) is 32.3 Å². The van der Waals surface area contributed by atoms with E-state index in [1.807, 2.05) is 60.0 Å². The van der Waals surface area contributed by atoms with Crippen molar-refractivity contribution in [1.29, 1.82) is 0 Å². The molecule has 5 aliphatic heterocycles. The number of ether oxygens (including phenoxy) is 1. The average Bonchev–Trinajstić information content (AvgIpc) is 1.69. The van der Waals surface area contributed by atoms with E-state index in [2.05, 4.69) is 84.9 Å². The van der Waals surface area contributed by atoms with Crippen LogP contribution >= 0.6 is 27.5 Å². The van der Waals surface area contributed by atoms with Crippen molar-refractivity contribution in [2.45, 2.75) is 199 Å². The quantitative estimate of drug-likeness (QED) is 0.0719. The van der Waals surface area contributed by atoms with E-state index < -0.39 is 11.6 Å². The molecule has 4 aromatic carbocycles. The molecule has 8 amide bonds. The Kier molecular flexibility index (Phi) is 21.2. The molecule has 16 rings (SSSR count). The van der Waals surface area contributed by atoms with Crippen LogP contribution in [0.3, 0.4) is 0 Å². The molecule has 8 aliphatic rings. The SMILES string of the molecule is CC1Cc2[nH]nc(C3CCC3)c2CN1C(=O)Nc1ccc(F)c(F)c1.CC1Cc2[nH]nc(C3CCCC3)c2CN1C(=O)Nc1cccc(Br)c1.Cc1cc(NC(=O)N2Cc3c(C4CCC4)n[nH]c3CC2C)ccc1F.O=C(Nc1cccc(Cl)c1)N1CCc2[nH]nc(C3CCCO3)c2C1. The second-order valence-corrected chi connectivity index (χ2v) is 28.9. The van der Waals surface area contributed by atoms with E-state index >= 15 is 0 Å². The first kappa shape index (κ1) is 68.8. The molecule has 0 bridgehead atoms. The van der Waals surface area contributed by atoms with Gasteiger partial charge in [-0.05, 0) is 151 Å². The van der Waals surface area contributed by atoms with Gasteiger partial charge in [0.2, 0.25) is 0 Å². The lowest BCUT2D eigenvalue weighted by Gasteiger charge is -2.34. The van der Waals surface area contributed by atoms with Gasteiger partial charge in [-0.15, -0.1) is 0 Å². The van der Waals surface area contributed by atoms with Gasteiger partial charge in [-0.1, -0.05) is 65.3 Å². The van der Waals surface area contributed by atoms with Gasteiger partial charge in [-0.2, -0.15) is 20.4 Å². The molecule has 26 heteroatoms. The highest BCUT2D eigenvalue weighted by Crippen LogP contribution is 2.43. The van der Waals surface area contributed by atoms with Crippen molar-refractivity contribution in [3.05, 3.63) is 185 Å². The average molecular weight is 1440 g/mol. The molecule has 522 valence electrons. The monoisotopic (exact) mass is 1440 g/mol. The van der Waals surface area contributed by atoms with Crippen LogP contribution in [0.2, 0.25) is 5.02 Å². The van der Waals surface area contributed by atoms with Crippen LogP contribution in [0.25, 0.3) is 0 Å². The number of carbonyl (C=O) groups is 4. The molecule has 21 nitrogen and oxygen atoms in total. The van der Waals surface area contributed by atoms with Gasteiger partial charge in [-0.25, -0.2) is 32.3 Å². The lowest BCUT2D eigenvalue weighted by Crippen LogP contribution is -2.45. The summed E-state index contributed by atoms with van der Waals surface area (Å²) >= 11 is 9.41. The molecule has 4 aromatic heterocycles. The Bertz CT molecular complexity index is 4100. The number of hydrogen-bond donors (Lipinski definition) is 8. The molecular weight excluding hydrogens is 1350 g/mol. The topological polar surface area (TPSA) is 253 Å². The fourth-order valence-electron chi connectivity index (χ4n) is 14.6. The summed E-state index contributed by atoms with van der Waals surface area (Å²) in [5, 5.41) is 42.8. The summed E-state index contributed by atoms with van der Waals surface area (Å²) in [7, 11) is 0. The van der Waals surface area contributed by atoms with Crippen LogP contribution in [0.4, 0.5) is 55.1 Å². The molecule has 0 spiro atoms. The number of fused-ring (bicyclic) bond motifs is 4. The third-order valence-electron chi connectivity index (χ3n) is 20.8. The first-order valence-corrected chi connectivity index (χ1v) is 35.9. The second kappa shape index (κ2) is 30.4. The Morgan fingerprint density at radius 2 is 0.939 bits per heavy atom. The van der Waals surface area contributed by atoms with Crippen LogP contribution < -0.4 is 21.3 Å². The Morgan fingerprint density at radius 1 is 0.495 bits per heavy atom. The maximum Gasteiger partial charge on any atom is 0.322 e. The number of benzene rings is 4. The summed E-state index contributed by atoms with van der Waals surface area (Å²) in [4.78, 5) is 58.1. The maximum absolute atomic E-state index is 13.4. The first-order valence-electron chi connectivity index (χ1n) is 34.7. The van der Waals surface area contributed by atoms with E-state index in [-0.39, 0.29) is 59.9 Å². The van der Waals surface area contributed by atoms with Crippen molar-refractivity contribution in [2.75, 3.05) is 34.4 Å². The summed E-state index contributed by atoms with van der Waals surface area (Å²) in [6.07, 6.45) is 17.4. The van der Waals surface area contributed by atoms with Gasteiger partial charge in [0, 0.05) is 158 Å². The number of aryl methyl sites for hydroxylation is 1. The number of nitrogens with zero attached hydrogens (tertiary/aromatic N) is 8. The third-order valence-corrected chi connectivity index (χ3v) is 21.5. The van der Waals surface area contributed by atoms with Crippen LogP contribution in [-0.2, 0) is 56.6 Å². The van der Waals surface area contributed by atoms with Crippen LogP contribution in [0.15, 0.2) is 89.4 Å². The highest BCUT2D eigenvalue weighted by molar-refractivity contribution is 9.10. The fraction of sp³-hybridized carbons (Fsp3) is 0.452. The summed E-state index contributed by atoms with van der Waals surface area (Å²) in [5.74, 6) is -0.588. The summed E-state index contributed by atoms with van der Waals surface area (Å²) in [5.41, 5.74) is 16.5. The van der Waals surface area contributed by atoms with Crippen molar-refractivity contribution in [3.8, 4) is 0 Å². The first-order chi connectivity index (χ1) is 47.9. The number of amides is 8. The second-order valence-electron chi connectivity index (χ2n) is 27.6. The zero-order valence-corrected chi connectivity index (χ0v) is 58.5. The number of aromatic amines is 4. The fourth-order valence-corrected chi connectivity index (χ4v) is 15.2. The molecule has 4 unspecified atom stereocenters. The third kappa shape index (κ3) is 15.7. The maximum atomic E-state index is 13.4. The van der Waals surface area contributed by atoms with Crippen molar-refractivity contribution in [3.63, 3.8) is 0 Å². The van der Waals surface area contributed by atoms with E-state index in [1.54, 1.807) is 41.0 Å². The molecule has 3 aliphatic carbocycles. The van der Waals surface area contributed by atoms with Crippen molar-refractivity contribution in [1.82, 2.24) is 60.4 Å². The van der Waals surface area contributed by atoms with Gasteiger partial charge in [0.15, 0.2) is 11.6 Å². The molecule has 3 saturated carbocycles. The number of H-pyrrole nitrogens is 4. The molecule has 4 atom stereocenters. The van der Waals surface area contributed by atoms with Gasteiger partial charge in [-0.3, -0.25) is 20.4 Å². The lowest BCUT2D eigenvalue weighted by molar-refractivity contribution is 0.107. The van der Waals surface area contributed by atoms with Crippen LogP contribution in [0.5, 0.6) is 0 Å². The van der Waals surface area contributed by atoms with Crippen molar-refractivity contribution < 1.29 is 37.1 Å². The number of hydrogen-bond acceptors (Lipinski definition) is 9. The van der Waals surface area contributed by atoms with Gasteiger partial charge in [0.05, 0.1) is 49.0 Å². The van der Waals surface area contributed by atoms with Crippen molar-refractivity contribution >= 4 is 74.4 Å². The minimum absolute atomic E-state index is 0.00696. The number of aromatic nitrogens is 8. The van der Waals surface area contributed by atoms with E-state index in [0.717, 1.165) is 119 Å². The van der Waals surface area contributed by atoms with Crippen LogP contribution in [-0.4, -0.2) is 116 Å². The molecule has 1 saturated heterocycles. The number of nitrogens with one attached hydrogen (secondary N) is 8. The predicted molar refractivity (Wildman–Crippen MR) is 376 cm³/mol. The smallest absolute Gasteiger partial charge is 0.322 e. The molecule has 9 heterocycles. The standard InChI is InChI=1S/C19H23BrN4O.C19H23FN4O.C18H20F2N4O.C17H19ClN4O2/c1-12-9-17-16(18(23-22-17)13-5-2-3-6-13)11-24(12)19(25)21-15-8-4-7-14(20)10-15;1-11-8-14(6-7-16(11)20)21-19(25)24-10-15-17(9-12(24)2)22-23-18(15)13-4-3-5-13;1-10-7-16-13(17(23-22-16)11-3-2-4-11)9-24(10)18(25)21-12-5-6-14(19)15(20)8-12;18-11-3-1-4-12(9-11)19-17(23)22-7-6-14-13(10-22)16(21-20-14)15-5-2-8-24-15/h4,7-8,10,12-13H,2-3,5-6,9,11H2,1H3,(H,21,25)(H,22,23);6-8,12-13H,3-5,9-10H2,1-2H3,(H,21,25)(H,22,23);5-6,8,10-11H,2-4,7,9H2,1H3,(H,21,25)(H,22,23);1,3-4,9,15H,2,5-8,10H2,(H,19,23)(H,20,21). The van der Waals surface area contributed by atoms with E-state index in [1.165, 1.54) is 86.0 Å². The molecule has 8 aromatic rings. The number of carbonyl (C=O) groups excluding carboxylic acids is 4. The largest absolute Gasteiger partial charge is 0.372 e. The molecule has 8 N–H and O–H groups in total. The number of halogens is 5. The normalized spacial score (nSPS) is 20.2. The minimum Gasteiger partial charge on any atom is -0.372 e. The number of anilines is 4. The summed E-state index contributed by atoms with van der Waals surface area (Å²) in [6.45, 7) is 11.5. The predicted octanol–water partition coefficient (Wildman–Crippen LogP) is 16.4. The number of rotatable bonds is 8. The zero-order chi connectivity index (χ0) is 69.0. The molecule has 99 heavy (non-hydrogen) atoms. The van der Waals surface area contributed by atoms with E-state index in [0.29, 0.717) is 78.9 Å². The van der Waals surface area contributed by atoms with Gasteiger partial charge < -0.3 is 45.6 Å². The van der Waals surface area contributed by atoms with Crippen LogP contribution in [0.1, 0.15) is 195 Å². The Balaban J connectivity index is 0.000000119. The van der Waals surface area contributed by atoms with E-state index in [4.69, 9.17) is 16.3 Å². The zero-order valence-electron chi connectivity index (χ0n) is 56.2. The Hall–Kier alpha value is -8.68. The number of urea groups is 4. The summed E-state index contributed by atoms with van der Waals surface area (Å²) in [6, 6.07) is 22.4. The minimum atomic E-state index is -0.978. The van der Waals surface area contributed by atoms with Gasteiger partial charge in [0.25, 0.3) is 0 Å².